The van der Waals surface area contributed by atoms with Crippen molar-refractivity contribution in [3.8, 4) is 10.6 Å². The summed E-state index contributed by atoms with van der Waals surface area (Å²) in [7, 11) is 0. The van der Waals surface area contributed by atoms with Gasteiger partial charge in [-0.1, -0.05) is 47.2 Å². The van der Waals surface area contributed by atoms with Crippen LogP contribution >= 0.6 is 35.2 Å². The zero-order valence-corrected chi connectivity index (χ0v) is 16.9. The molecule has 0 saturated carbocycles. The fourth-order valence-corrected chi connectivity index (χ4v) is 3.85. The van der Waals surface area contributed by atoms with Crippen molar-refractivity contribution in [2.45, 2.75) is 6.92 Å². The lowest BCUT2D eigenvalue weighted by Gasteiger charge is -2.11. The molecule has 28 heavy (non-hydrogen) atoms. The van der Waals surface area contributed by atoms with E-state index < -0.39 is 0 Å². The van der Waals surface area contributed by atoms with Crippen LogP contribution in [0.1, 0.15) is 16.2 Å². The Morgan fingerprint density at radius 3 is 2.79 bits per heavy atom. The molecule has 7 nitrogen and oxygen atoms in total. The Morgan fingerprint density at radius 2 is 2.00 bits per heavy atom. The number of thiocarbonyl (C=S) groups is 1. The minimum Gasteiger partial charge on any atom is -0.332 e. The molecule has 0 bridgehead atoms. The molecule has 0 radical (unpaired) electrons. The van der Waals surface area contributed by atoms with Gasteiger partial charge in [-0.25, -0.2) is 0 Å². The average Bonchev–Trinajstić information content (AvgIpc) is 3.24. The number of amides is 1. The van der Waals surface area contributed by atoms with Crippen LogP contribution in [0.4, 0.5) is 5.69 Å². The van der Waals surface area contributed by atoms with E-state index in [9.17, 15) is 4.79 Å². The molecule has 0 aliphatic heterocycles. The van der Waals surface area contributed by atoms with Crippen LogP contribution in [-0.4, -0.2) is 30.8 Å². The number of carbonyl (C=O) groups is 1. The molecule has 0 aliphatic rings. The van der Waals surface area contributed by atoms with Crippen molar-refractivity contribution < 1.29 is 4.79 Å². The molecule has 0 unspecified atom stereocenters. The summed E-state index contributed by atoms with van der Waals surface area (Å²) < 4.78 is 1.70. The molecule has 2 N–H and O–H groups in total. The van der Waals surface area contributed by atoms with Crippen LogP contribution in [0, 0.1) is 6.92 Å². The zero-order chi connectivity index (χ0) is 19.7. The molecule has 140 valence electrons. The molecule has 10 heteroatoms. The number of carbonyl (C=O) groups excluding carboxylic acids is 1. The minimum atomic E-state index is -0.372. The third-order valence-corrected chi connectivity index (χ3v) is 5.34. The third-order valence-electron chi connectivity index (χ3n) is 3.86. The van der Waals surface area contributed by atoms with Gasteiger partial charge < -0.3 is 5.32 Å². The van der Waals surface area contributed by atoms with Gasteiger partial charge in [-0.05, 0) is 43.4 Å². The summed E-state index contributed by atoms with van der Waals surface area (Å²) in [4.78, 5) is 13.0. The van der Waals surface area contributed by atoms with Gasteiger partial charge in [0.1, 0.15) is 5.01 Å². The number of benzene rings is 2. The maximum atomic E-state index is 12.3. The predicted octanol–water partition coefficient (Wildman–Crippen LogP) is 3.94. The van der Waals surface area contributed by atoms with Gasteiger partial charge in [0.05, 0.1) is 10.6 Å². The summed E-state index contributed by atoms with van der Waals surface area (Å²) in [5, 5.41) is 19.6. The Bertz CT molecular complexity index is 1200. The molecule has 4 aromatic rings. The van der Waals surface area contributed by atoms with E-state index >= 15 is 0 Å². The number of hydrogen-bond donors (Lipinski definition) is 2. The van der Waals surface area contributed by atoms with Crippen LogP contribution in [0.3, 0.4) is 0 Å². The lowest BCUT2D eigenvalue weighted by atomic mass is 10.2. The van der Waals surface area contributed by atoms with Gasteiger partial charge in [-0.2, -0.15) is 9.61 Å². The fourth-order valence-electron chi connectivity index (χ4n) is 2.54. The van der Waals surface area contributed by atoms with E-state index in [-0.39, 0.29) is 11.0 Å². The number of halogens is 1. The van der Waals surface area contributed by atoms with E-state index in [0.29, 0.717) is 10.6 Å². The number of hydrogen-bond acceptors (Lipinski definition) is 6. The number of aromatic nitrogens is 4. The smallest absolute Gasteiger partial charge is 0.258 e. The second-order valence-corrected chi connectivity index (χ2v) is 7.59. The number of fused-ring (bicyclic) bond motifs is 1. The quantitative estimate of drug-likeness (QED) is 0.481. The van der Waals surface area contributed by atoms with E-state index in [1.54, 1.807) is 28.8 Å². The lowest BCUT2D eigenvalue weighted by molar-refractivity contribution is 0.0978. The van der Waals surface area contributed by atoms with Crippen molar-refractivity contribution in [2.75, 3.05) is 5.32 Å². The van der Waals surface area contributed by atoms with E-state index in [0.717, 1.165) is 27.0 Å². The molecule has 0 saturated heterocycles. The molecule has 1 amide bonds. The Kier molecular flexibility index (Phi) is 5.03. The minimum absolute atomic E-state index is 0.177. The standard InChI is InChI=1S/C18H13ClN6OS2/c1-10-22-23-18-25(10)24-16(28-18)11-5-4-6-12(9-11)20-17(27)21-15(26)13-7-2-3-8-14(13)19/h2-9H,1H3,(H2,20,21,26,27). The highest BCUT2D eigenvalue weighted by Gasteiger charge is 2.13. The van der Waals surface area contributed by atoms with Crippen LogP contribution in [0.25, 0.3) is 15.5 Å². The van der Waals surface area contributed by atoms with Gasteiger partial charge in [0.2, 0.25) is 4.96 Å². The largest absolute Gasteiger partial charge is 0.332 e. The van der Waals surface area contributed by atoms with E-state index in [2.05, 4.69) is 25.9 Å². The Morgan fingerprint density at radius 1 is 1.18 bits per heavy atom. The molecule has 4 rings (SSSR count). The first-order chi connectivity index (χ1) is 13.5. The summed E-state index contributed by atoms with van der Waals surface area (Å²) in [5.74, 6) is 0.360. The zero-order valence-electron chi connectivity index (χ0n) is 14.5. The highest BCUT2D eigenvalue weighted by Crippen LogP contribution is 2.27. The van der Waals surface area contributed by atoms with Crippen molar-refractivity contribution in [1.82, 2.24) is 25.1 Å². The van der Waals surface area contributed by atoms with Crippen molar-refractivity contribution in [3.63, 3.8) is 0 Å². The van der Waals surface area contributed by atoms with Crippen molar-refractivity contribution in [2.24, 2.45) is 0 Å². The van der Waals surface area contributed by atoms with Crippen LogP contribution in [-0.2, 0) is 0 Å². The van der Waals surface area contributed by atoms with E-state index in [1.165, 1.54) is 11.3 Å². The maximum absolute atomic E-state index is 12.3. The van der Waals surface area contributed by atoms with Crippen molar-refractivity contribution >= 4 is 56.8 Å². The number of nitrogens with one attached hydrogen (secondary N) is 2. The van der Waals surface area contributed by atoms with Gasteiger partial charge in [-0.15, -0.1) is 10.2 Å². The van der Waals surface area contributed by atoms with Crippen LogP contribution in [0.5, 0.6) is 0 Å². The molecule has 0 atom stereocenters. The van der Waals surface area contributed by atoms with Crippen molar-refractivity contribution in [3.05, 3.63) is 64.9 Å². The molecule has 2 heterocycles. The summed E-state index contributed by atoms with van der Waals surface area (Å²) in [6, 6.07) is 14.4. The van der Waals surface area contributed by atoms with Crippen molar-refractivity contribution in [1.29, 1.82) is 0 Å². The second-order valence-electron chi connectivity index (χ2n) is 5.82. The van der Waals surface area contributed by atoms with Crippen LogP contribution < -0.4 is 10.6 Å². The first-order valence-corrected chi connectivity index (χ1v) is 9.77. The molecule has 2 aromatic carbocycles. The Hall–Kier alpha value is -2.88. The molecule has 0 spiro atoms. The SMILES string of the molecule is Cc1nnc2sc(-c3cccc(NC(=S)NC(=O)c4ccccc4Cl)c3)nn12. The van der Waals surface area contributed by atoms with Gasteiger partial charge in [0, 0.05) is 11.3 Å². The van der Waals surface area contributed by atoms with Gasteiger partial charge in [-0.3, -0.25) is 10.1 Å². The maximum Gasteiger partial charge on any atom is 0.258 e. The number of rotatable bonds is 3. The number of anilines is 1. The molecular formula is C18H13ClN6OS2. The first-order valence-electron chi connectivity index (χ1n) is 8.17. The molecular weight excluding hydrogens is 416 g/mol. The summed E-state index contributed by atoms with van der Waals surface area (Å²) in [5.41, 5.74) is 1.99. The molecule has 0 fully saturated rings. The highest BCUT2D eigenvalue weighted by atomic mass is 35.5. The molecule has 0 aliphatic carbocycles. The number of aryl methyl sites for hydroxylation is 1. The highest BCUT2D eigenvalue weighted by molar-refractivity contribution is 7.80. The molecule has 2 aromatic heterocycles. The monoisotopic (exact) mass is 428 g/mol. The average molecular weight is 429 g/mol. The number of nitrogens with zero attached hydrogens (tertiary/aromatic N) is 4. The summed E-state index contributed by atoms with van der Waals surface area (Å²) in [6.45, 7) is 1.85. The fraction of sp³-hybridized carbons (Fsp3) is 0.0556. The van der Waals surface area contributed by atoms with E-state index in [4.69, 9.17) is 23.8 Å². The summed E-state index contributed by atoms with van der Waals surface area (Å²) >= 11 is 12.7. The Balaban J connectivity index is 1.49. The van der Waals surface area contributed by atoms with Crippen LogP contribution in [0.15, 0.2) is 48.5 Å². The third kappa shape index (κ3) is 3.72. The topological polar surface area (TPSA) is 84.2 Å². The van der Waals surface area contributed by atoms with Gasteiger partial charge in [0.15, 0.2) is 10.9 Å². The Labute approximate surface area is 174 Å². The first kappa shape index (κ1) is 18.5. The van der Waals surface area contributed by atoms with Crippen LogP contribution in [0.2, 0.25) is 5.02 Å². The lowest BCUT2D eigenvalue weighted by Crippen LogP contribution is -2.34. The normalized spacial score (nSPS) is 10.8. The second kappa shape index (κ2) is 7.63. The van der Waals surface area contributed by atoms with Gasteiger partial charge in [0.25, 0.3) is 5.91 Å². The summed E-state index contributed by atoms with van der Waals surface area (Å²) in [6.07, 6.45) is 0. The van der Waals surface area contributed by atoms with E-state index in [1.807, 2.05) is 31.2 Å². The van der Waals surface area contributed by atoms with Gasteiger partial charge >= 0.3 is 0 Å². The predicted molar refractivity (Wildman–Crippen MR) is 114 cm³/mol.